The van der Waals surface area contributed by atoms with Crippen molar-refractivity contribution in [3.63, 3.8) is 0 Å². The van der Waals surface area contributed by atoms with Crippen molar-refractivity contribution < 1.29 is 23.7 Å². The van der Waals surface area contributed by atoms with Crippen LogP contribution in [-0.2, 0) is 13.9 Å². The highest BCUT2D eigenvalue weighted by molar-refractivity contribution is 9.10. The van der Waals surface area contributed by atoms with E-state index < -0.39 is 32.0 Å². The number of pyridine rings is 1. The van der Waals surface area contributed by atoms with Gasteiger partial charge in [-0.3, -0.25) is 4.79 Å². The molecule has 4 rings (SSSR count). The summed E-state index contributed by atoms with van der Waals surface area (Å²) in [4.78, 5) is 13.2. The lowest BCUT2D eigenvalue weighted by molar-refractivity contribution is -0.177. The molecule has 2 aromatic carbocycles. The molecule has 4 unspecified atom stereocenters. The molecule has 4 atom stereocenters. The summed E-state index contributed by atoms with van der Waals surface area (Å²) in [6, 6.07) is 20.6. The molecule has 1 N–H and O–H groups in total. The van der Waals surface area contributed by atoms with Crippen molar-refractivity contribution in [3.8, 4) is 5.75 Å². The molecule has 0 bridgehead atoms. The van der Waals surface area contributed by atoms with Gasteiger partial charge in [0, 0.05) is 25.3 Å². The van der Waals surface area contributed by atoms with E-state index in [1.54, 1.807) is 19.4 Å². The first kappa shape index (κ1) is 33.4. The molecule has 1 aromatic heterocycles. The Morgan fingerprint density at radius 1 is 1.07 bits per heavy atom. The smallest absolute Gasteiger partial charge is 0.261 e. The second kappa shape index (κ2) is 13.6. The number of rotatable bonds is 12. The van der Waals surface area contributed by atoms with Crippen LogP contribution in [0.25, 0.3) is 0 Å². The minimum absolute atomic E-state index is 0.0257. The number of methoxy groups -OCH3 is 2. The molecule has 0 fully saturated rings. The summed E-state index contributed by atoms with van der Waals surface area (Å²) in [6.07, 6.45) is 2.84. The fourth-order valence-corrected chi connectivity index (χ4v) is 11.6. The maximum Gasteiger partial charge on any atom is 0.261 e. The van der Waals surface area contributed by atoms with Crippen molar-refractivity contribution in [2.75, 3.05) is 27.6 Å². The second-order valence-electron chi connectivity index (χ2n) is 12.4. The van der Waals surface area contributed by atoms with Crippen LogP contribution in [0.2, 0.25) is 5.04 Å². The molecule has 9 heteroatoms. The van der Waals surface area contributed by atoms with Crippen LogP contribution >= 0.6 is 15.9 Å². The molecule has 0 spiro atoms. The van der Waals surface area contributed by atoms with E-state index in [0.29, 0.717) is 29.6 Å². The third kappa shape index (κ3) is 6.08. The Bertz CT molecular complexity index is 1400. The number of aliphatic hydroxyl groups excluding tert-OH is 1. The SMILES string of the molecule is C=CCC1C(O)C(C)(CCO[Si](c2ccccc2)(c2ccccc2)C(C)(C)C)C(OCOC)c2c(OC)c(=O)c(Br)cn21. The van der Waals surface area contributed by atoms with Crippen LogP contribution < -0.4 is 20.5 Å². The Kier molecular flexibility index (Phi) is 10.6. The standard InChI is InChI=1S/C34H44BrNO6Si/c1-8-15-27-31(38)34(5,32(41-23-39-6)28-30(40-7)29(37)26(35)22-36(27)28)20-21-42-43(33(2,3)4,24-16-11-9-12-17-24)25-18-13-10-14-19-25/h8-14,16-19,22,27,31-32,38H,1,15,20-21,23H2,2-7H3. The minimum atomic E-state index is -2.82. The maximum atomic E-state index is 13.2. The van der Waals surface area contributed by atoms with Gasteiger partial charge in [-0.25, -0.2) is 0 Å². The fraction of sp³-hybridized carbons (Fsp3) is 0.441. The number of hydrogen-bond donors (Lipinski definition) is 1. The zero-order valence-corrected chi connectivity index (χ0v) is 28.6. The van der Waals surface area contributed by atoms with Gasteiger partial charge in [0.15, 0.2) is 5.75 Å². The zero-order chi connectivity index (χ0) is 31.4. The molecule has 7 nitrogen and oxygen atoms in total. The predicted octanol–water partition coefficient (Wildman–Crippen LogP) is 5.75. The number of aliphatic hydroxyl groups is 1. The first-order chi connectivity index (χ1) is 20.5. The molecule has 43 heavy (non-hydrogen) atoms. The molecule has 2 heterocycles. The first-order valence-corrected chi connectivity index (χ1v) is 17.3. The molecule has 232 valence electrons. The lowest BCUT2D eigenvalue weighted by Gasteiger charge is -2.51. The van der Waals surface area contributed by atoms with E-state index in [-0.39, 0.29) is 23.0 Å². The lowest BCUT2D eigenvalue weighted by atomic mass is 9.68. The van der Waals surface area contributed by atoms with Gasteiger partial charge in [-0.2, -0.15) is 0 Å². The number of ether oxygens (including phenoxy) is 3. The highest BCUT2D eigenvalue weighted by Crippen LogP contribution is 2.53. The van der Waals surface area contributed by atoms with Gasteiger partial charge in [-0.1, -0.05) is 94.4 Å². The van der Waals surface area contributed by atoms with Crippen molar-refractivity contribution in [1.29, 1.82) is 0 Å². The molecule has 0 aliphatic carbocycles. The zero-order valence-electron chi connectivity index (χ0n) is 26.0. The average Bonchev–Trinajstić information content (AvgIpc) is 2.99. The van der Waals surface area contributed by atoms with Gasteiger partial charge in [0.1, 0.15) is 12.9 Å². The number of nitrogens with zero attached hydrogens (tertiary/aromatic N) is 1. The molecular formula is C34H44BrNO6Si. The van der Waals surface area contributed by atoms with Crippen LogP contribution in [0.5, 0.6) is 5.75 Å². The highest BCUT2D eigenvalue weighted by atomic mass is 79.9. The quantitative estimate of drug-likeness (QED) is 0.150. The average molecular weight is 671 g/mol. The molecule has 1 aliphatic heterocycles. The molecule has 3 aromatic rings. The van der Waals surface area contributed by atoms with E-state index in [1.165, 1.54) is 17.5 Å². The third-order valence-electron chi connectivity index (χ3n) is 8.77. The van der Waals surface area contributed by atoms with Gasteiger partial charge in [-0.05, 0) is 44.2 Å². The molecule has 0 amide bonds. The fourth-order valence-electron chi connectivity index (χ4n) is 6.66. The van der Waals surface area contributed by atoms with Gasteiger partial charge in [-0.15, -0.1) is 6.58 Å². The van der Waals surface area contributed by atoms with Crippen LogP contribution in [0.3, 0.4) is 0 Å². The van der Waals surface area contributed by atoms with Crippen molar-refractivity contribution in [2.45, 2.75) is 63.8 Å². The molecule has 0 saturated carbocycles. The van der Waals surface area contributed by atoms with E-state index in [0.717, 1.165) is 0 Å². The van der Waals surface area contributed by atoms with Crippen LogP contribution in [0.15, 0.2) is 88.8 Å². The van der Waals surface area contributed by atoms with Crippen LogP contribution in [0.4, 0.5) is 0 Å². The Morgan fingerprint density at radius 3 is 2.14 bits per heavy atom. The van der Waals surface area contributed by atoms with Gasteiger partial charge in [0.2, 0.25) is 5.43 Å². The number of fused-ring (bicyclic) bond motifs is 1. The third-order valence-corrected chi connectivity index (χ3v) is 14.4. The highest BCUT2D eigenvalue weighted by Gasteiger charge is 2.54. The topological polar surface area (TPSA) is 79.2 Å². The summed E-state index contributed by atoms with van der Waals surface area (Å²) in [5.41, 5.74) is -0.581. The van der Waals surface area contributed by atoms with Crippen molar-refractivity contribution in [1.82, 2.24) is 4.57 Å². The van der Waals surface area contributed by atoms with Crippen LogP contribution in [0, 0.1) is 5.41 Å². The van der Waals surface area contributed by atoms with E-state index in [4.69, 9.17) is 18.6 Å². The van der Waals surface area contributed by atoms with E-state index in [9.17, 15) is 9.90 Å². The van der Waals surface area contributed by atoms with E-state index >= 15 is 0 Å². The van der Waals surface area contributed by atoms with Crippen molar-refractivity contribution in [2.24, 2.45) is 5.41 Å². The summed E-state index contributed by atoms with van der Waals surface area (Å²) < 4.78 is 26.8. The number of halogens is 1. The summed E-state index contributed by atoms with van der Waals surface area (Å²) in [7, 11) is 0.208. The second-order valence-corrected chi connectivity index (χ2v) is 17.5. The lowest BCUT2D eigenvalue weighted by Crippen LogP contribution is -2.66. The van der Waals surface area contributed by atoms with Gasteiger partial charge >= 0.3 is 0 Å². The van der Waals surface area contributed by atoms with Crippen LogP contribution in [-0.4, -0.2) is 51.7 Å². The largest absolute Gasteiger partial charge is 0.491 e. The summed E-state index contributed by atoms with van der Waals surface area (Å²) in [6.45, 7) is 13.0. The Morgan fingerprint density at radius 2 is 1.65 bits per heavy atom. The Balaban J connectivity index is 1.83. The summed E-state index contributed by atoms with van der Waals surface area (Å²) >= 11 is 3.39. The van der Waals surface area contributed by atoms with Crippen LogP contribution in [0.1, 0.15) is 58.4 Å². The van der Waals surface area contributed by atoms with Gasteiger partial charge in [0.05, 0.1) is 29.4 Å². The van der Waals surface area contributed by atoms with E-state index in [2.05, 4.69) is 91.8 Å². The number of benzene rings is 2. The summed E-state index contributed by atoms with van der Waals surface area (Å²) in [5.74, 6) is 0.176. The van der Waals surface area contributed by atoms with Crippen molar-refractivity contribution >= 4 is 34.6 Å². The summed E-state index contributed by atoms with van der Waals surface area (Å²) in [5, 5.41) is 14.3. The monoisotopic (exact) mass is 669 g/mol. The minimum Gasteiger partial charge on any atom is -0.491 e. The Labute approximate surface area is 264 Å². The molecular weight excluding hydrogens is 626 g/mol. The predicted molar refractivity (Wildman–Crippen MR) is 177 cm³/mol. The Hall–Kier alpha value is -2.53. The van der Waals surface area contributed by atoms with E-state index in [1.807, 2.05) is 23.6 Å². The maximum absolute atomic E-state index is 13.2. The molecule has 1 aliphatic rings. The first-order valence-electron chi connectivity index (χ1n) is 14.6. The number of allylic oxidation sites excluding steroid dienone is 1. The number of hydrogen-bond acceptors (Lipinski definition) is 6. The van der Waals surface area contributed by atoms with Gasteiger partial charge < -0.3 is 28.3 Å². The molecule has 0 saturated heterocycles. The number of aromatic nitrogens is 1. The van der Waals surface area contributed by atoms with Gasteiger partial charge in [0.25, 0.3) is 8.32 Å². The normalized spacial score (nSPS) is 22.2. The van der Waals surface area contributed by atoms with Crippen molar-refractivity contribution in [3.05, 3.63) is 99.9 Å². The molecule has 0 radical (unpaired) electrons.